The summed E-state index contributed by atoms with van der Waals surface area (Å²) < 4.78 is 8.01. The van der Waals surface area contributed by atoms with Gasteiger partial charge in [-0.3, -0.25) is 0 Å². The molecule has 2 nitrogen and oxygen atoms in total. The zero-order valence-corrected chi connectivity index (χ0v) is 13.6. The van der Waals surface area contributed by atoms with Gasteiger partial charge in [-0.2, -0.15) is 0 Å². The molecular weight excluding hydrogens is 378 g/mol. The van der Waals surface area contributed by atoms with E-state index in [9.17, 15) is 0 Å². The van der Waals surface area contributed by atoms with Crippen LogP contribution in [-0.2, 0) is 13.0 Å². The maximum absolute atomic E-state index is 5.86. The Hall–Kier alpha value is -0.360. The first-order valence-electron chi connectivity index (χ1n) is 5.53. The number of halogens is 2. The predicted molar refractivity (Wildman–Crippen MR) is 83.3 cm³/mol. The fraction of sp³-hybridized carbons (Fsp3) is 0.231. The Morgan fingerprint density at radius 3 is 2.67 bits per heavy atom. The average molecular weight is 391 g/mol. The molecule has 2 rings (SSSR count). The van der Waals surface area contributed by atoms with Gasteiger partial charge in [0, 0.05) is 19.2 Å². The summed E-state index contributed by atoms with van der Waals surface area (Å²) in [6, 6.07) is 8.11. The summed E-state index contributed by atoms with van der Waals surface area (Å²) in [6.07, 6.45) is 0.822. The molecule has 0 fully saturated rings. The number of rotatable bonds is 5. The van der Waals surface area contributed by atoms with Crippen LogP contribution in [-0.4, -0.2) is 6.54 Å². The quantitative estimate of drug-likeness (QED) is 0.823. The van der Waals surface area contributed by atoms with Crippen molar-refractivity contribution in [3.8, 4) is 5.75 Å². The Kier molecular flexibility index (Phi) is 5.24. The highest BCUT2D eigenvalue weighted by Gasteiger charge is 2.05. The van der Waals surface area contributed by atoms with E-state index in [0.717, 1.165) is 26.7 Å². The molecule has 1 aromatic carbocycles. The normalized spacial score (nSPS) is 10.6. The molecule has 0 bridgehead atoms. The van der Waals surface area contributed by atoms with Crippen molar-refractivity contribution in [3.05, 3.63) is 49.0 Å². The molecular formula is C13H13Br2NOS. The van der Waals surface area contributed by atoms with Crippen molar-refractivity contribution < 1.29 is 4.74 Å². The third-order valence-electron chi connectivity index (χ3n) is 2.43. The van der Waals surface area contributed by atoms with Gasteiger partial charge in [0.2, 0.25) is 0 Å². The third-order valence-corrected chi connectivity index (χ3v) is 4.59. The van der Waals surface area contributed by atoms with Crippen LogP contribution in [0.2, 0.25) is 0 Å². The molecule has 0 aliphatic carbocycles. The Morgan fingerprint density at radius 2 is 2.00 bits per heavy atom. The highest BCUT2D eigenvalue weighted by Crippen LogP contribution is 2.26. The molecule has 1 aromatic heterocycles. The van der Waals surface area contributed by atoms with E-state index >= 15 is 0 Å². The third kappa shape index (κ3) is 3.82. The van der Waals surface area contributed by atoms with Gasteiger partial charge in [0.15, 0.2) is 0 Å². The fourth-order valence-electron chi connectivity index (χ4n) is 1.62. The monoisotopic (exact) mass is 389 g/mol. The van der Waals surface area contributed by atoms with Gasteiger partial charge in [-0.25, -0.2) is 0 Å². The summed E-state index contributed by atoms with van der Waals surface area (Å²) in [5.41, 5.74) is 6.76. The van der Waals surface area contributed by atoms with Crippen molar-refractivity contribution in [2.75, 3.05) is 6.54 Å². The summed E-state index contributed by atoms with van der Waals surface area (Å²) in [5.74, 6) is 0.910. The van der Waals surface area contributed by atoms with Crippen LogP contribution in [0, 0.1) is 0 Å². The highest BCUT2D eigenvalue weighted by atomic mass is 79.9. The second-order valence-corrected chi connectivity index (χ2v) is 6.64. The minimum Gasteiger partial charge on any atom is -0.488 e. The zero-order chi connectivity index (χ0) is 13.0. The lowest BCUT2D eigenvalue weighted by Gasteiger charge is -2.10. The highest BCUT2D eigenvalue weighted by molar-refractivity contribution is 9.10. The van der Waals surface area contributed by atoms with Gasteiger partial charge in [-0.1, -0.05) is 15.9 Å². The molecule has 2 N–H and O–H groups in total. The summed E-state index contributed by atoms with van der Waals surface area (Å²) in [6.45, 7) is 1.22. The van der Waals surface area contributed by atoms with E-state index in [-0.39, 0.29) is 0 Å². The molecule has 0 aliphatic heterocycles. The van der Waals surface area contributed by atoms with E-state index < -0.39 is 0 Å². The van der Waals surface area contributed by atoms with Crippen LogP contribution < -0.4 is 10.5 Å². The van der Waals surface area contributed by atoms with Gasteiger partial charge in [-0.15, -0.1) is 11.3 Å². The molecule has 1 heterocycles. The lowest BCUT2D eigenvalue weighted by molar-refractivity contribution is 0.306. The number of ether oxygens (including phenoxy) is 1. The lowest BCUT2D eigenvalue weighted by Crippen LogP contribution is -2.05. The Bertz CT molecular complexity index is 527. The van der Waals surface area contributed by atoms with Gasteiger partial charge in [-0.05, 0) is 58.7 Å². The Balaban J connectivity index is 2.08. The lowest BCUT2D eigenvalue weighted by atomic mass is 10.1. The topological polar surface area (TPSA) is 35.2 Å². The number of nitrogens with two attached hydrogens (primary N) is 1. The predicted octanol–water partition coefficient (Wildman–Crippen LogP) is 4.35. The summed E-state index contributed by atoms with van der Waals surface area (Å²) in [4.78, 5) is 1.20. The molecule has 2 aromatic rings. The standard InChI is InChI=1S/C13H13Br2NOS/c14-10-1-2-13(9(5-10)3-4-16)17-7-12-6-11(15)8-18-12/h1-2,5-6,8H,3-4,7,16H2. The van der Waals surface area contributed by atoms with Crippen LogP contribution in [0.1, 0.15) is 10.4 Å². The number of benzene rings is 1. The molecule has 0 atom stereocenters. The summed E-state index contributed by atoms with van der Waals surface area (Å²) >= 11 is 8.59. The second kappa shape index (κ2) is 6.70. The van der Waals surface area contributed by atoms with Crippen LogP contribution in [0.5, 0.6) is 5.75 Å². The number of thiophene rings is 1. The van der Waals surface area contributed by atoms with Crippen molar-refractivity contribution >= 4 is 43.2 Å². The average Bonchev–Trinajstić information content (AvgIpc) is 2.75. The largest absolute Gasteiger partial charge is 0.488 e. The maximum atomic E-state index is 5.86. The molecule has 0 saturated carbocycles. The van der Waals surface area contributed by atoms with Gasteiger partial charge >= 0.3 is 0 Å². The van der Waals surface area contributed by atoms with Gasteiger partial charge in [0.05, 0.1) is 0 Å². The summed E-state index contributed by atoms with van der Waals surface area (Å²) in [5, 5.41) is 2.06. The maximum Gasteiger partial charge on any atom is 0.123 e. The first-order valence-corrected chi connectivity index (χ1v) is 8.00. The second-order valence-electron chi connectivity index (χ2n) is 3.81. The number of hydrogen-bond acceptors (Lipinski definition) is 3. The van der Waals surface area contributed by atoms with Crippen molar-refractivity contribution in [2.24, 2.45) is 5.73 Å². The van der Waals surface area contributed by atoms with E-state index in [1.54, 1.807) is 11.3 Å². The smallest absolute Gasteiger partial charge is 0.123 e. The van der Waals surface area contributed by atoms with Crippen LogP contribution in [0.4, 0.5) is 0 Å². The van der Waals surface area contributed by atoms with Crippen molar-refractivity contribution in [1.29, 1.82) is 0 Å². The molecule has 0 spiro atoms. The molecule has 5 heteroatoms. The van der Waals surface area contributed by atoms with Gasteiger partial charge in [0.1, 0.15) is 12.4 Å². The molecule has 96 valence electrons. The van der Waals surface area contributed by atoms with Crippen LogP contribution >= 0.6 is 43.2 Å². The first kappa shape index (κ1) is 14.1. The first-order chi connectivity index (χ1) is 8.69. The number of hydrogen-bond donors (Lipinski definition) is 1. The van der Waals surface area contributed by atoms with Crippen molar-refractivity contribution in [2.45, 2.75) is 13.0 Å². The zero-order valence-electron chi connectivity index (χ0n) is 9.66. The van der Waals surface area contributed by atoms with Crippen molar-refractivity contribution in [3.63, 3.8) is 0 Å². The minimum atomic E-state index is 0.593. The Morgan fingerprint density at radius 1 is 1.17 bits per heavy atom. The molecule has 0 amide bonds. The SMILES string of the molecule is NCCc1cc(Br)ccc1OCc1cc(Br)cs1. The molecule has 18 heavy (non-hydrogen) atoms. The van der Waals surface area contributed by atoms with Crippen molar-refractivity contribution in [1.82, 2.24) is 0 Å². The van der Waals surface area contributed by atoms with Crippen LogP contribution in [0.3, 0.4) is 0 Å². The molecule has 0 saturated heterocycles. The van der Waals surface area contributed by atoms with Gasteiger partial charge in [0.25, 0.3) is 0 Å². The van der Waals surface area contributed by atoms with E-state index in [2.05, 4.69) is 49.4 Å². The van der Waals surface area contributed by atoms with E-state index in [4.69, 9.17) is 10.5 Å². The van der Waals surface area contributed by atoms with Crippen LogP contribution in [0.15, 0.2) is 38.6 Å². The minimum absolute atomic E-state index is 0.593. The summed E-state index contributed by atoms with van der Waals surface area (Å²) in [7, 11) is 0. The van der Waals surface area contributed by atoms with E-state index in [1.165, 1.54) is 4.88 Å². The molecule has 0 unspecified atom stereocenters. The molecule has 0 aliphatic rings. The van der Waals surface area contributed by atoms with E-state index in [1.807, 2.05) is 12.1 Å². The van der Waals surface area contributed by atoms with E-state index in [0.29, 0.717) is 13.2 Å². The Labute approximate surface area is 127 Å². The fourth-order valence-corrected chi connectivity index (χ4v) is 3.39. The molecule has 0 radical (unpaired) electrons. The van der Waals surface area contributed by atoms with Gasteiger partial charge < -0.3 is 10.5 Å². The van der Waals surface area contributed by atoms with Crippen LogP contribution in [0.25, 0.3) is 0 Å².